The molecule has 2 aromatic carbocycles. The third-order valence-electron chi connectivity index (χ3n) is 3.95. The third kappa shape index (κ3) is 2.91. The summed E-state index contributed by atoms with van der Waals surface area (Å²) in [6, 6.07) is 20.2. The van der Waals surface area contributed by atoms with E-state index in [1.54, 1.807) is 0 Å². The van der Waals surface area contributed by atoms with Gasteiger partial charge in [-0.15, -0.1) is 0 Å². The van der Waals surface area contributed by atoms with Gasteiger partial charge in [0.05, 0.1) is 6.07 Å². The molecule has 3 heteroatoms. The van der Waals surface area contributed by atoms with Crippen molar-refractivity contribution in [2.45, 2.75) is 18.4 Å². The van der Waals surface area contributed by atoms with Crippen LogP contribution < -0.4 is 10.5 Å². The van der Waals surface area contributed by atoms with Gasteiger partial charge >= 0.3 is 0 Å². The molecule has 3 nitrogen and oxygen atoms in total. The van der Waals surface area contributed by atoms with Crippen LogP contribution >= 0.6 is 0 Å². The van der Waals surface area contributed by atoms with Crippen molar-refractivity contribution in [1.82, 2.24) is 0 Å². The van der Waals surface area contributed by atoms with Crippen LogP contribution in [0, 0.1) is 17.2 Å². The zero-order valence-corrected chi connectivity index (χ0v) is 11.8. The van der Waals surface area contributed by atoms with Crippen LogP contribution in [-0.4, -0.2) is 12.1 Å². The van der Waals surface area contributed by atoms with Crippen LogP contribution in [0.5, 0.6) is 5.75 Å². The first-order valence-corrected chi connectivity index (χ1v) is 7.20. The molecule has 1 fully saturated rings. The molecule has 1 aliphatic carbocycles. The van der Waals surface area contributed by atoms with Crippen LogP contribution in [0.4, 0.5) is 0 Å². The van der Waals surface area contributed by atoms with Crippen molar-refractivity contribution in [3.8, 4) is 22.9 Å². The topological polar surface area (TPSA) is 59.0 Å². The molecule has 0 amide bonds. The summed E-state index contributed by atoms with van der Waals surface area (Å²) in [5.41, 5.74) is 7.40. The molecule has 106 valence electrons. The molecule has 2 N–H and O–H groups in total. The van der Waals surface area contributed by atoms with Crippen LogP contribution in [0.2, 0.25) is 0 Å². The Morgan fingerprint density at radius 3 is 2.43 bits per heavy atom. The molecule has 1 unspecified atom stereocenters. The Hall–Kier alpha value is -2.31. The summed E-state index contributed by atoms with van der Waals surface area (Å²) < 4.78 is 5.90. The van der Waals surface area contributed by atoms with Crippen molar-refractivity contribution in [3.63, 3.8) is 0 Å². The Labute approximate surface area is 125 Å². The fraction of sp³-hybridized carbons (Fsp3) is 0.278. The number of nitrogens with two attached hydrogens (primary N) is 1. The summed E-state index contributed by atoms with van der Waals surface area (Å²) in [7, 11) is 0. The van der Waals surface area contributed by atoms with E-state index in [4.69, 9.17) is 10.5 Å². The summed E-state index contributed by atoms with van der Waals surface area (Å²) >= 11 is 0. The lowest BCUT2D eigenvalue weighted by Gasteiger charge is -2.22. The molecular formula is C18H18N2O. The summed E-state index contributed by atoms with van der Waals surface area (Å²) in [6.07, 6.45) is 2.04. The van der Waals surface area contributed by atoms with E-state index in [1.807, 2.05) is 54.6 Å². The Kier molecular flexibility index (Phi) is 3.64. The Bertz CT molecular complexity index is 658. The zero-order valence-electron chi connectivity index (χ0n) is 11.8. The maximum absolute atomic E-state index is 9.31. The van der Waals surface area contributed by atoms with Gasteiger partial charge in [0, 0.05) is 5.56 Å². The molecule has 0 aliphatic heterocycles. The lowest BCUT2D eigenvalue weighted by molar-refractivity contribution is 0.238. The summed E-state index contributed by atoms with van der Waals surface area (Å²) in [5, 5.41) is 9.31. The Balaban J connectivity index is 1.82. The Morgan fingerprint density at radius 2 is 1.76 bits per heavy atom. The largest absolute Gasteiger partial charge is 0.490 e. The summed E-state index contributed by atoms with van der Waals surface area (Å²) in [4.78, 5) is 0. The first-order valence-electron chi connectivity index (χ1n) is 7.20. The third-order valence-corrected chi connectivity index (χ3v) is 3.95. The van der Waals surface area contributed by atoms with Crippen molar-refractivity contribution in [1.29, 1.82) is 5.26 Å². The second-order valence-corrected chi connectivity index (χ2v) is 5.58. The van der Waals surface area contributed by atoms with E-state index in [2.05, 4.69) is 6.07 Å². The molecular weight excluding hydrogens is 260 g/mol. The monoisotopic (exact) mass is 278 g/mol. The van der Waals surface area contributed by atoms with Gasteiger partial charge in [0.15, 0.2) is 0 Å². The van der Waals surface area contributed by atoms with E-state index < -0.39 is 5.54 Å². The highest BCUT2D eigenvalue weighted by Gasteiger charge is 2.43. The molecule has 21 heavy (non-hydrogen) atoms. The standard InChI is InChI=1S/C18H18N2O/c19-12-18(20,15-10-11-15)13-21-17-9-5-4-8-16(17)14-6-2-1-3-7-14/h1-9,15H,10-11,13,20H2. The van der Waals surface area contributed by atoms with E-state index in [9.17, 15) is 5.26 Å². The van der Waals surface area contributed by atoms with Gasteiger partial charge in [-0.2, -0.15) is 5.26 Å². The second-order valence-electron chi connectivity index (χ2n) is 5.58. The first-order chi connectivity index (χ1) is 10.2. The molecule has 0 saturated heterocycles. The highest BCUT2D eigenvalue weighted by molar-refractivity contribution is 5.70. The predicted octanol–water partition coefficient (Wildman–Crippen LogP) is 3.36. The molecule has 0 spiro atoms. The highest BCUT2D eigenvalue weighted by atomic mass is 16.5. The summed E-state index contributed by atoms with van der Waals surface area (Å²) in [6.45, 7) is 0.234. The smallest absolute Gasteiger partial charge is 0.141 e. The molecule has 1 atom stereocenters. The molecule has 1 saturated carbocycles. The average Bonchev–Trinajstić information content (AvgIpc) is 3.39. The molecule has 3 rings (SSSR count). The molecule has 0 radical (unpaired) electrons. The minimum atomic E-state index is -0.871. The number of para-hydroxylation sites is 1. The molecule has 2 aromatic rings. The van der Waals surface area contributed by atoms with Gasteiger partial charge in [-0.1, -0.05) is 48.5 Å². The van der Waals surface area contributed by atoms with E-state index >= 15 is 0 Å². The average molecular weight is 278 g/mol. The highest BCUT2D eigenvalue weighted by Crippen LogP contribution is 2.39. The van der Waals surface area contributed by atoms with Gasteiger partial charge in [-0.3, -0.25) is 0 Å². The lowest BCUT2D eigenvalue weighted by Crippen LogP contribution is -2.46. The molecule has 0 aromatic heterocycles. The van der Waals surface area contributed by atoms with Crippen LogP contribution in [0.3, 0.4) is 0 Å². The van der Waals surface area contributed by atoms with E-state index in [-0.39, 0.29) is 12.5 Å². The lowest BCUT2D eigenvalue weighted by atomic mass is 9.98. The van der Waals surface area contributed by atoms with Crippen molar-refractivity contribution >= 4 is 0 Å². The van der Waals surface area contributed by atoms with Gasteiger partial charge < -0.3 is 10.5 Å². The van der Waals surface area contributed by atoms with Crippen LogP contribution in [0.15, 0.2) is 54.6 Å². The molecule has 0 heterocycles. The summed E-state index contributed by atoms with van der Waals surface area (Å²) in [5.74, 6) is 1.04. The van der Waals surface area contributed by atoms with Gasteiger partial charge in [0.1, 0.15) is 17.9 Å². The fourth-order valence-electron chi connectivity index (χ4n) is 2.49. The number of hydrogen-bond acceptors (Lipinski definition) is 3. The van der Waals surface area contributed by atoms with E-state index in [0.717, 1.165) is 29.7 Å². The van der Waals surface area contributed by atoms with E-state index in [1.165, 1.54) is 0 Å². The number of benzene rings is 2. The number of nitriles is 1. The van der Waals surface area contributed by atoms with Gasteiger partial charge in [0.2, 0.25) is 0 Å². The van der Waals surface area contributed by atoms with Crippen molar-refractivity contribution < 1.29 is 4.74 Å². The number of nitrogens with zero attached hydrogens (tertiary/aromatic N) is 1. The van der Waals surface area contributed by atoms with Gasteiger partial charge in [-0.25, -0.2) is 0 Å². The van der Waals surface area contributed by atoms with Gasteiger partial charge in [0.25, 0.3) is 0 Å². The van der Waals surface area contributed by atoms with Crippen molar-refractivity contribution in [2.24, 2.45) is 11.7 Å². The molecule has 1 aliphatic rings. The second kappa shape index (κ2) is 5.59. The van der Waals surface area contributed by atoms with E-state index in [0.29, 0.717) is 0 Å². The zero-order chi connectivity index (χ0) is 14.7. The predicted molar refractivity (Wildman–Crippen MR) is 82.6 cm³/mol. The number of rotatable bonds is 5. The fourth-order valence-corrected chi connectivity index (χ4v) is 2.49. The van der Waals surface area contributed by atoms with Crippen molar-refractivity contribution in [3.05, 3.63) is 54.6 Å². The quantitative estimate of drug-likeness (QED) is 0.912. The first kappa shape index (κ1) is 13.7. The van der Waals surface area contributed by atoms with Gasteiger partial charge in [-0.05, 0) is 30.4 Å². The minimum absolute atomic E-state index is 0.234. The SMILES string of the molecule is N#CC(N)(COc1ccccc1-c1ccccc1)C1CC1. The van der Waals surface area contributed by atoms with Crippen LogP contribution in [0.1, 0.15) is 12.8 Å². The number of hydrogen-bond donors (Lipinski definition) is 1. The van der Waals surface area contributed by atoms with Crippen molar-refractivity contribution in [2.75, 3.05) is 6.61 Å². The normalized spacial score (nSPS) is 16.8. The minimum Gasteiger partial charge on any atom is -0.490 e. The van der Waals surface area contributed by atoms with Crippen LogP contribution in [0.25, 0.3) is 11.1 Å². The van der Waals surface area contributed by atoms with Crippen LogP contribution in [-0.2, 0) is 0 Å². The maximum Gasteiger partial charge on any atom is 0.141 e. The molecule has 0 bridgehead atoms. The Morgan fingerprint density at radius 1 is 1.10 bits per heavy atom. The number of ether oxygens (including phenoxy) is 1. The maximum atomic E-state index is 9.31.